The number of hydrogen-bond acceptors (Lipinski definition) is 3. The Morgan fingerprint density at radius 3 is 2.45 bits per heavy atom. The van der Waals surface area contributed by atoms with Crippen LogP contribution in [0.1, 0.15) is 16.7 Å². The number of nitrogens with two attached hydrogens (primary N) is 1. The first kappa shape index (κ1) is 14.5. The van der Waals surface area contributed by atoms with Gasteiger partial charge in [0.2, 0.25) is 0 Å². The molecule has 4 heteroatoms. The Morgan fingerprint density at radius 2 is 1.80 bits per heavy atom. The largest absolute Gasteiger partial charge is 0.489 e. The fourth-order valence-corrected chi connectivity index (χ4v) is 1.97. The van der Waals surface area contributed by atoms with Gasteiger partial charge in [0.1, 0.15) is 18.2 Å². The Labute approximate surface area is 117 Å². The highest BCUT2D eigenvalue weighted by Crippen LogP contribution is 2.17. The molecule has 2 aromatic rings. The Morgan fingerprint density at radius 1 is 1.05 bits per heavy atom. The minimum atomic E-state index is -0.289. The fourth-order valence-electron chi connectivity index (χ4n) is 1.97. The Balaban J connectivity index is 2.01. The maximum absolute atomic E-state index is 13.1. The second-order valence-electron chi connectivity index (χ2n) is 4.52. The highest BCUT2D eigenvalue weighted by Gasteiger charge is 2.04. The molecule has 0 aliphatic rings. The van der Waals surface area contributed by atoms with E-state index in [1.807, 2.05) is 24.3 Å². The van der Waals surface area contributed by atoms with Crippen molar-refractivity contribution in [1.29, 1.82) is 0 Å². The average Bonchev–Trinajstić information content (AvgIpc) is 2.47. The van der Waals surface area contributed by atoms with E-state index >= 15 is 0 Å². The Kier molecular flexibility index (Phi) is 5.09. The summed E-state index contributed by atoms with van der Waals surface area (Å²) >= 11 is 0. The van der Waals surface area contributed by atoms with Crippen LogP contribution in [0, 0.1) is 5.82 Å². The van der Waals surface area contributed by atoms with Gasteiger partial charge in [0, 0.05) is 13.2 Å². The molecule has 2 aromatic carbocycles. The SMILES string of the molecule is NCc1cc(F)ccc1COc1ccc(CCO)cc1. The third kappa shape index (κ3) is 3.79. The summed E-state index contributed by atoms with van der Waals surface area (Å²) in [5.41, 5.74) is 8.29. The zero-order valence-corrected chi connectivity index (χ0v) is 11.2. The number of rotatable bonds is 6. The maximum Gasteiger partial charge on any atom is 0.123 e. The van der Waals surface area contributed by atoms with E-state index in [0.717, 1.165) is 22.4 Å². The van der Waals surface area contributed by atoms with Crippen molar-refractivity contribution in [3.05, 3.63) is 65.0 Å². The summed E-state index contributed by atoms with van der Waals surface area (Å²) < 4.78 is 18.8. The van der Waals surface area contributed by atoms with Crippen molar-refractivity contribution < 1.29 is 14.2 Å². The fraction of sp³-hybridized carbons (Fsp3) is 0.250. The van der Waals surface area contributed by atoms with E-state index in [2.05, 4.69) is 0 Å². The summed E-state index contributed by atoms with van der Waals surface area (Å²) in [4.78, 5) is 0. The van der Waals surface area contributed by atoms with E-state index in [0.29, 0.717) is 13.0 Å². The van der Waals surface area contributed by atoms with Gasteiger partial charge in [-0.25, -0.2) is 4.39 Å². The van der Waals surface area contributed by atoms with Crippen molar-refractivity contribution in [3.63, 3.8) is 0 Å². The molecule has 0 amide bonds. The molecular weight excluding hydrogens is 257 g/mol. The second-order valence-corrected chi connectivity index (χ2v) is 4.52. The van der Waals surface area contributed by atoms with Gasteiger partial charge < -0.3 is 15.6 Å². The van der Waals surface area contributed by atoms with Crippen LogP contribution in [-0.4, -0.2) is 11.7 Å². The van der Waals surface area contributed by atoms with Gasteiger partial charge in [0.25, 0.3) is 0 Å². The molecule has 3 nitrogen and oxygen atoms in total. The summed E-state index contributed by atoms with van der Waals surface area (Å²) in [6.07, 6.45) is 0.634. The van der Waals surface area contributed by atoms with Crippen LogP contribution in [0.15, 0.2) is 42.5 Å². The van der Waals surface area contributed by atoms with Gasteiger partial charge in [-0.1, -0.05) is 18.2 Å². The van der Waals surface area contributed by atoms with Crippen molar-refractivity contribution in [2.75, 3.05) is 6.61 Å². The lowest BCUT2D eigenvalue weighted by Gasteiger charge is -2.10. The number of aliphatic hydroxyl groups excluding tert-OH is 1. The molecule has 106 valence electrons. The van der Waals surface area contributed by atoms with Crippen LogP contribution in [0.5, 0.6) is 5.75 Å². The molecule has 0 radical (unpaired) electrons. The van der Waals surface area contributed by atoms with Crippen molar-refractivity contribution in [3.8, 4) is 5.75 Å². The van der Waals surface area contributed by atoms with Gasteiger partial charge in [-0.3, -0.25) is 0 Å². The predicted octanol–water partition coefficient (Wildman–Crippen LogP) is 2.40. The summed E-state index contributed by atoms with van der Waals surface area (Å²) in [6.45, 7) is 0.772. The first-order chi connectivity index (χ1) is 9.72. The second kappa shape index (κ2) is 7.03. The molecule has 0 fully saturated rings. The normalized spacial score (nSPS) is 10.6. The zero-order valence-electron chi connectivity index (χ0n) is 11.2. The Hall–Kier alpha value is -1.91. The van der Waals surface area contributed by atoms with Crippen molar-refractivity contribution in [2.45, 2.75) is 19.6 Å². The Bertz CT molecular complexity index is 555. The van der Waals surface area contributed by atoms with E-state index < -0.39 is 0 Å². The van der Waals surface area contributed by atoms with Crippen LogP contribution in [0.25, 0.3) is 0 Å². The van der Waals surface area contributed by atoms with Crippen LogP contribution in [0.2, 0.25) is 0 Å². The molecule has 0 unspecified atom stereocenters. The number of hydrogen-bond donors (Lipinski definition) is 2. The molecule has 0 saturated carbocycles. The number of benzene rings is 2. The molecule has 0 aliphatic carbocycles. The molecule has 0 aliphatic heterocycles. The van der Waals surface area contributed by atoms with Crippen LogP contribution in [-0.2, 0) is 19.6 Å². The molecule has 0 spiro atoms. The third-order valence-electron chi connectivity index (χ3n) is 3.11. The highest BCUT2D eigenvalue weighted by atomic mass is 19.1. The first-order valence-electron chi connectivity index (χ1n) is 6.53. The molecule has 3 N–H and O–H groups in total. The summed E-state index contributed by atoms with van der Waals surface area (Å²) in [5, 5.41) is 8.85. The van der Waals surface area contributed by atoms with Gasteiger partial charge in [-0.05, 0) is 47.4 Å². The zero-order chi connectivity index (χ0) is 14.4. The molecule has 0 heterocycles. The number of halogens is 1. The summed E-state index contributed by atoms with van der Waals surface area (Å²) in [6, 6.07) is 12.1. The van der Waals surface area contributed by atoms with Crippen LogP contribution in [0.3, 0.4) is 0 Å². The lowest BCUT2D eigenvalue weighted by molar-refractivity contribution is 0.298. The highest BCUT2D eigenvalue weighted by molar-refractivity contribution is 5.30. The minimum absolute atomic E-state index is 0.135. The predicted molar refractivity (Wildman–Crippen MR) is 75.9 cm³/mol. The van der Waals surface area contributed by atoms with Gasteiger partial charge >= 0.3 is 0 Å². The quantitative estimate of drug-likeness (QED) is 0.851. The van der Waals surface area contributed by atoms with E-state index in [4.69, 9.17) is 15.6 Å². The minimum Gasteiger partial charge on any atom is -0.489 e. The van der Waals surface area contributed by atoms with Crippen LogP contribution >= 0.6 is 0 Å². The maximum atomic E-state index is 13.1. The van der Waals surface area contributed by atoms with E-state index in [-0.39, 0.29) is 19.0 Å². The van der Waals surface area contributed by atoms with E-state index in [1.54, 1.807) is 6.07 Å². The number of aliphatic hydroxyl groups is 1. The van der Waals surface area contributed by atoms with Crippen LogP contribution in [0.4, 0.5) is 4.39 Å². The molecule has 2 rings (SSSR count). The lowest BCUT2D eigenvalue weighted by atomic mass is 10.1. The topological polar surface area (TPSA) is 55.5 Å². The van der Waals surface area contributed by atoms with Crippen molar-refractivity contribution in [1.82, 2.24) is 0 Å². The molecule has 20 heavy (non-hydrogen) atoms. The van der Waals surface area contributed by atoms with Gasteiger partial charge in [-0.15, -0.1) is 0 Å². The summed E-state index contributed by atoms with van der Waals surface area (Å²) in [7, 11) is 0. The monoisotopic (exact) mass is 275 g/mol. The number of ether oxygens (including phenoxy) is 1. The van der Waals surface area contributed by atoms with Crippen molar-refractivity contribution in [2.24, 2.45) is 5.73 Å². The lowest BCUT2D eigenvalue weighted by Crippen LogP contribution is -2.05. The van der Waals surface area contributed by atoms with Crippen molar-refractivity contribution >= 4 is 0 Å². The van der Waals surface area contributed by atoms with Gasteiger partial charge in [0.15, 0.2) is 0 Å². The first-order valence-corrected chi connectivity index (χ1v) is 6.53. The smallest absolute Gasteiger partial charge is 0.123 e. The molecule has 0 saturated heterocycles. The molecule has 0 aromatic heterocycles. The van der Waals surface area contributed by atoms with Gasteiger partial charge in [0.05, 0.1) is 0 Å². The van der Waals surface area contributed by atoms with Gasteiger partial charge in [-0.2, -0.15) is 0 Å². The summed E-state index contributed by atoms with van der Waals surface area (Å²) in [5.74, 6) is 0.446. The van der Waals surface area contributed by atoms with E-state index in [1.165, 1.54) is 12.1 Å². The molecule has 0 bridgehead atoms. The van der Waals surface area contributed by atoms with Crippen LogP contribution < -0.4 is 10.5 Å². The standard InChI is InChI=1S/C16H18FNO2/c17-15-4-3-13(14(9-15)10-18)11-20-16-5-1-12(2-6-16)7-8-19/h1-6,9,19H,7-8,10-11,18H2. The third-order valence-corrected chi connectivity index (χ3v) is 3.11. The van der Waals surface area contributed by atoms with E-state index in [9.17, 15) is 4.39 Å². The molecule has 0 atom stereocenters. The average molecular weight is 275 g/mol. The molecular formula is C16H18FNO2.